The smallest absolute Gasteiger partial charge is 0.124 e. The van der Waals surface area contributed by atoms with Crippen molar-refractivity contribution in [3.63, 3.8) is 0 Å². The number of aromatic nitrogens is 1. The summed E-state index contributed by atoms with van der Waals surface area (Å²) >= 11 is 1.66. The molecule has 2 N–H and O–H groups in total. The Balaban J connectivity index is 2.52. The Morgan fingerprint density at radius 3 is 2.58 bits per heavy atom. The van der Waals surface area contributed by atoms with Crippen LogP contribution in [0.2, 0.25) is 0 Å². The summed E-state index contributed by atoms with van der Waals surface area (Å²) in [4.78, 5) is 5.80. The van der Waals surface area contributed by atoms with Crippen LogP contribution in [0.5, 0.6) is 0 Å². The van der Waals surface area contributed by atoms with Crippen LogP contribution in [0.15, 0.2) is 24.3 Å². The number of hydrogen-bond acceptors (Lipinski definition) is 4. The molecule has 2 rings (SSSR count). The molecule has 0 aliphatic carbocycles. The molecule has 3 nitrogen and oxygen atoms in total. The highest BCUT2D eigenvalue weighted by molar-refractivity contribution is 7.15. The highest BCUT2D eigenvalue weighted by Gasteiger charge is 2.24. The fourth-order valence-electron chi connectivity index (χ4n) is 2.02. The third-order valence-corrected chi connectivity index (χ3v) is 4.41. The molecule has 0 unspecified atom stereocenters. The summed E-state index contributed by atoms with van der Waals surface area (Å²) in [5.41, 5.74) is 9.17. The second kappa shape index (κ2) is 5.41. The van der Waals surface area contributed by atoms with E-state index in [0.29, 0.717) is 6.61 Å². The Kier molecular flexibility index (Phi) is 4.04. The maximum atomic E-state index is 6.23. The lowest BCUT2D eigenvalue weighted by Gasteiger charge is -2.17. The topological polar surface area (TPSA) is 48.1 Å². The zero-order chi connectivity index (χ0) is 14.0. The molecule has 0 fully saturated rings. The molecule has 0 saturated carbocycles. The quantitative estimate of drug-likeness (QED) is 0.930. The van der Waals surface area contributed by atoms with E-state index in [2.05, 4.69) is 19.1 Å². The summed E-state index contributed by atoms with van der Waals surface area (Å²) in [6, 6.07) is 8.27. The first-order valence-electron chi connectivity index (χ1n) is 6.27. The van der Waals surface area contributed by atoms with Gasteiger partial charge in [0.05, 0.1) is 12.3 Å². The summed E-state index contributed by atoms with van der Waals surface area (Å²) in [5, 5.41) is 1.01. The number of rotatable bonds is 4. The zero-order valence-electron chi connectivity index (χ0n) is 11.9. The number of benzene rings is 1. The maximum absolute atomic E-state index is 6.23. The Morgan fingerprint density at radius 1 is 1.32 bits per heavy atom. The lowest BCUT2D eigenvalue weighted by molar-refractivity contribution is 0.180. The van der Waals surface area contributed by atoms with E-state index in [0.717, 1.165) is 15.6 Å². The average molecular weight is 276 g/mol. The fourth-order valence-corrected chi connectivity index (χ4v) is 3.19. The first-order valence-corrected chi connectivity index (χ1v) is 7.09. The van der Waals surface area contributed by atoms with Crippen LogP contribution in [0.25, 0.3) is 10.6 Å². The Bertz CT molecular complexity index is 570. The fraction of sp³-hybridized carbons (Fsp3) is 0.400. The second-order valence-corrected chi connectivity index (χ2v) is 6.26. The number of nitrogens with zero attached hydrogens (tertiary/aromatic N) is 1. The third kappa shape index (κ3) is 3.03. The predicted octanol–water partition coefficient (Wildman–Crippen LogP) is 3.46. The Hall–Kier alpha value is -1.23. The molecule has 0 aliphatic rings. The molecule has 19 heavy (non-hydrogen) atoms. The zero-order valence-corrected chi connectivity index (χ0v) is 12.7. The van der Waals surface area contributed by atoms with Crippen LogP contribution < -0.4 is 5.73 Å². The van der Waals surface area contributed by atoms with Gasteiger partial charge in [-0.15, -0.1) is 11.3 Å². The van der Waals surface area contributed by atoms with E-state index in [-0.39, 0.29) is 0 Å². The molecule has 0 radical (unpaired) electrons. The van der Waals surface area contributed by atoms with Crippen LogP contribution in [-0.4, -0.2) is 12.1 Å². The van der Waals surface area contributed by atoms with Gasteiger partial charge in [0, 0.05) is 23.1 Å². The maximum Gasteiger partial charge on any atom is 0.124 e. The monoisotopic (exact) mass is 276 g/mol. The summed E-state index contributed by atoms with van der Waals surface area (Å²) in [7, 11) is 1.68. The second-order valence-electron chi connectivity index (χ2n) is 5.26. The first-order chi connectivity index (χ1) is 8.93. The molecule has 4 heteroatoms. The van der Waals surface area contributed by atoms with Crippen molar-refractivity contribution in [1.82, 2.24) is 4.98 Å². The third-order valence-electron chi connectivity index (χ3n) is 2.94. The van der Waals surface area contributed by atoms with E-state index >= 15 is 0 Å². The van der Waals surface area contributed by atoms with Crippen molar-refractivity contribution in [2.75, 3.05) is 7.11 Å². The van der Waals surface area contributed by atoms with E-state index in [4.69, 9.17) is 15.5 Å². The van der Waals surface area contributed by atoms with Crippen molar-refractivity contribution in [2.45, 2.75) is 32.9 Å². The molecule has 0 amide bonds. The molecule has 1 aromatic heterocycles. The van der Waals surface area contributed by atoms with Crippen molar-refractivity contribution >= 4 is 11.3 Å². The van der Waals surface area contributed by atoms with Gasteiger partial charge in [-0.1, -0.05) is 24.3 Å². The van der Waals surface area contributed by atoms with Crippen LogP contribution in [-0.2, 0) is 16.9 Å². The van der Waals surface area contributed by atoms with Gasteiger partial charge in [0.25, 0.3) is 0 Å². The number of nitrogens with two attached hydrogens (primary N) is 1. The number of ether oxygens (including phenoxy) is 1. The number of aryl methyl sites for hydroxylation is 1. The van der Waals surface area contributed by atoms with Gasteiger partial charge in [0.15, 0.2) is 0 Å². The van der Waals surface area contributed by atoms with Crippen molar-refractivity contribution < 1.29 is 4.74 Å². The SMILES string of the molecule is COCc1nc(-c2ccccc2C)sc1C(C)(C)N. The van der Waals surface area contributed by atoms with Crippen molar-refractivity contribution in [2.24, 2.45) is 5.73 Å². The normalized spacial score (nSPS) is 11.8. The standard InChI is InChI=1S/C15H20N2OS/c1-10-7-5-6-8-11(10)14-17-12(9-18-4)13(19-14)15(2,3)16/h5-8H,9,16H2,1-4H3. The van der Waals surface area contributed by atoms with Crippen molar-refractivity contribution in [1.29, 1.82) is 0 Å². The highest BCUT2D eigenvalue weighted by Crippen LogP contribution is 2.35. The van der Waals surface area contributed by atoms with Gasteiger partial charge in [-0.25, -0.2) is 4.98 Å². The van der Waals surface area contributed by atoms with Gasteiger partial charge in [-0.3, -0.25) is 0 Å². The lowest BCUT2D eigenvalue weighted by Crippen LogP contribution is -2.28. The number of thiazole rings is 1. The van der Waals surface area contributed by atoms with E-state index in [1.165, 1.54) is 11.1 Å². The number of methoxy groups -OCH3 is 1. The van der Waals surface area contributed by atoms with E-state index < -0.39 is 5.54 Å². The summed E-state index contributed by atoms with van der Waals surface area (Å²) in [6.45, 7) is 6.60. The van der Waals surface area contributed by atoms with Gasteiger partial charge < -0.3 is 10.5 Å². The van der Waals surface area contributed by atoms with E-state index in [9.17, 15) is 0 Å². The largest absolute Gasteiger partial charge is 0.378 e. The molecular weight excluding hydrogens is 256 g/mol. The summed E-state index contributed by atoms with van der Waals surface area (Å²) in [6.07, 6.45) is 0. The minimum Gasteiger partial charge on any atom is -0.378 e. The molecule has 0 aliphatic heterocycles. The summed E-state index contributed by atoms with van der Waals surface area (Å²) < 4.78 is 5.23. The minimum absolute atomic E-state index is 0.396. The molecule has 0 bridgehead atoms. The molecule has 0 spiro atoms. The van der Waals surface area contributed by atoms with Crippen LogP contribution in [0.1, 0.15) is 30.0 Å². The predicted molar refractivity (Wildman–Crippen MR) is 80.2 cm³/mol. The molecule has 0 atom stereocenters. The van der Waals surface area contributed by atoms with E-state index in [1.54, 1.807) is 18.4 Å². The Morgan fingerprint density at radius 2 is 2.00 bits per heavy atom. The minimum atomic E-state index is -0.396. The van der Waals surface area contributed by atoms with Gasteiger partial charge in [-0.2, -0.15) is 0 Å². The molecule has 1 heterocycles. The summed E-state index contributed by atoms with van der Waals surface area (Å²) in [5.74, 6) is 0. The van der Waals surface area contributed by atoms with Crippen LogP contribution in [0.3, 0.4) is 0 Å². The van der Waals surface area contributed by atoms with Crippen molar-refractivity contribution in [3.8, 4) is 10.6 Å². The highest BCUT2D eigenvalue weighted by atomic mass is 32.1. The van der Waals surface area contributed by atoms with Gasteiger partial charge in [-0.05, 0) is 26.3 Å². The van der Waals surface area contributed by atoms with Crippen LogP contribution in [0.4, 0.5) is 0 Å². The number of hydrogen-bond donors (Lipinski definition) is 1. The van der Waals surface area contributed by atoms with Gasteiger partial charge in [0.2, 0.25) is 0 Å². The van der Waals surface area contributed by atoms with Gasteiger partial charge >= 0.3 is 0 Å². The lowest BCUT2D eigenvalue weighted by atomic mass is 10.0. The van der Waals surface area contributed by atoms with Gasteiger partial charge in [0.1, 0.15) is 5.01 Å². The molecular formula is C15H20N2OS. The van der Waals surface area contributed by atoms with Crippen LogP contribution >= 0.6 is 11.3 Å². The molecule has 1 aromatic carbocycles. The van der Waals surface area contributed by atoms with Crippen LogP contribution in [0, 0.1) is 6.92 Å². The van der Waals surface area contributed by atoms with Crippen molar-refractivity contribution in [3.05, 3.63) is 40.4 Å². The Labute approximate surface area is 118 Å². The molecule has 2 aromatic rings. The first kappa shape index (κ1) is 14.2. The average Bonchev–Trinajstić information content (AvgIpc) is 2.74. The van der Waals surface area contributed by atoms with E-state index in [1.807, 2.05) is 26.0 Å². The molecule has 102 valence electrons. The molecule has 0 saturated heterocycles.